The van der Waals surface area contributed by atoms with E-state index in [1.54, 1.807) is 11.8 Å². The van der Waals surface area contributed by atoms with E-state index in [4.69, 9.17) is 0 Å². The van der Waals surface area contributed by atoms with Crippen LogP contribution in [0.3, 0.4) is 0 Å². The molecule has 4 rings (SSSR count). The number of aromatic nitrogens is 3. The summed E-state index contributed by atoms with van der Waals surface area (Å²) in [7, 11) is 0. The maximum Gasteiger partial charge on any atom is 0.195 e. The Kier molecular flexibility index (Phi) is 6.75. The van der Waals surface area contributed by atoms with E-state index < -0.39 is 0 Å². The molecule has 2 heterocycles. The lowest BCUT2D eigenvalue weighted by atomic mass is 10.1. The van der Waals surface area contributed by atoms with Gasteiger partial charge in [-0.25, -0.2) is 0 Å². The van der Waals surface area contributed by atoms with Crippen LogP contribution in [0.4, 0.5) is 0 Å². The molecule has 0 aliphatic carbocycles. The molecule has 5 nitrogen and oxygen atoms in total. The van der Waals surface area contributed by atoms with Gasteiger partial charge >= 0.3 is 0 Å². The zero-order chi connectivity index (χ0) is 19.9. The number of para-hydroxylation sites is 1. The SMILES string of the molecule is O=C(CCCSc1nnc(CN2CCCC2)n1-c1ccccc1)c1ccccc1. The highest BCUT2D eigenvalue weighted by atomic mass is 32.2. The minimum Gasteiger partial charge on any atom is -0.296 e. The summed E-state index contributed by atoms with van der Waals surface area (Å²) in [5.41, 5.74) is 1.88. The van der Waals surface area contributed by atoms with Gasteiger partial charge in [0.1, 0.15) is 0 Å². The van der Waals surface area contributed by atoms with Gasteiger partial charge in [0, 0.05) is 23.4 Å². The van der Waals surface area contributed by atoms with Gasteiger partial charge in [-0.15, -0.1) is 10.2 Å². The third-order valence-electron chi connectivity index (χ3n) is 5.15. The van der Waals surface area contributed by atoms with Gasteiger partial charge in [0.2, 0.25) is 0 Å². The van der Waals surface area contributed by atoms with Gasteiger partial charge in [0.05, 0.1) is 6.54 Å². The summed E-state index contributed by atoms with van der Waals surface area (Å²) in [5.74, 6) is 2.03. The summed E-state index contributed by atoms with van der Waals surface area (Å²) in [5, 5.41) is 9.88. The van der Waals surface area contributed by atoms with Crippen LogP contribution < -0.4 is 0 Å². The second-order valence-electron chi connectivity index (χ2n) is 7.29. The molecular weight excluding hydrogens is 380 g/mol. The van der Waals surface area contributed by atoms with Gasteiger partial charge < -0.3 is 0 Å². The van der Waals surface area contributed by atoms with Crippen molar-refractivity contribution in [3.05, 3.63) is 72.1 Å². The fourth-order valence-electron chi connectivity index (χ4n) is 3.64. The third-order valence-corrected chi connectivity index (χ3v) is 6.17. The zero-order valence-electron chi connectivity index (χ0n) is 16.5. The van der Waals surface area contributed by atoms with Crippen molar-refractivity contribution in [2.75, 3.05) is 18.8 Å². The molecule has 1 saturated heterocycles. The summed E-state index contributed by atoms with van der Waals surface area (Å²) >= 11 is 1.68. The lowest BCUT2D eigenvalue weighted by molar-refractivity contribution is 0.0982. The Morgan fingerprint density at radius 2 is 1.62 bits per heavy atom. The molecule has 0 N–H and O–H groups in total. The highest BCUT2D eigenvalue weighted by molar-refractivity contribution is 7.99. The molecule has 0 unspecified atom stereocenters. The molecule has 0 radical (unpaired) electrons. The molecular formula is C23H26N4OS. The Hall–Kier alpha value is -2.44. The van der Waals surface area contributed by atoms with Crippen LogP contribution in [0, 0.1) is 0 Å². The van der Waals surface area contributed by atoms with Crippen molar-refractivity contribution in [1.82, 2.24) is 19.7 Å². The van der Waals surface area contributed by atoms with Gasteiger partial charge in [0.15, 0.2) is 16.8 Å². The van der Waals surface area contributed by atoms with Gasteiger partial charge in [-0.2, -0.15) is 0 Å². The van der Waals surface area contributed by atoms with Gasteiger partial charge in [-0.05, 0) is 44.5 Å². The number of hydrogen-bond donors (Lipinski definition) is 0. The Morgan fingerprint density at radius 1 is 0.931 bits per heavy atom. The zero-order valence-corrected chi connectivity index (χ0v) is 17.4. The average molecular weight is 407 g/mol. The molecule has 29 heavy (non-hydrogen) atoms. The van der Waals surface area contributed by atoms with Crippen molar-refractivity contribution in [2.45, 2.75) is 37.4 Å². The van der Waals surface area contributed by atoms with Gasteiger partial charge in [-0.1, -0.05) is 60.3 Å². The normalized spacial score (nSPS) is 14.3. The van der Waals surface area contributed by atoms with Crippen molar-refractivity contribution >= 4 is 17.5 Å². The molecule has 0 bridgehead atoms. The Balaban J connectivity index is 1.41. The van der Waals surface area contributed by atoms with E-state index in [9.17, 15) is 4.79 Å². The second kappa shape index (κ2) is 9.85. The van der Waals surface area contributed by atoms with E-state index in [1.807, 2.05) is 48.5 Å². The number of carbonyl (C=O) groups is 1. The standard InChI is InChI=1S/C23H26N4OS/c28-21(19-10-3-1-4-11-19)14-9-17-29-23-25-24-22(18-26-15-7-8-16-26)27(23)20-12-5-2-6-13-20/h1-6,10-13H,7-9,14-18H2. The van der Waals surface area contributed by atoms with E-state index in [-0.39, 0.29) is 5.78 Å². The molecule has 0 amide bonds. The highest BCUT2D eigenvalue weighted by Crippen LogP contribution is 2.24. The summed E-state index contributed by atoms with van der Waals surface area (Å²) in [6.45, 7) is 3.09. The molecule has 1 aliphatic rings. The summed E-state index contributed by atoms with van der Waals surface area (Å²) in [6, 6.07) is 19.8. The second-order valence-corrected chi connectivity index (χ2v) is 8.36. The van der Waals surface area contributed by atoms with Crippen molar-refractivity contribution in [3.8, 4) is 5.69 Å². The Labute approximate surface area is 176 Å². The first-order valence-corrected chi connectivity index (χ1v) is 11.2. The molecule has 3 aromatic rings. The number of hydrogen-bond acceptors (Lipinski definition) is 5. The maximum atomic E-state index is 12.3. The van der Waals surface area contributed by atoms with Crippen LogP contribution >= 0.6 is 11.8 Å². The van der Waals surface area contributed by atoms with Gasteiger partial charge in [-0.3, -0.25) is 14.3 Å². The van der Waals surface area contributed by atoms with Crippen LogP contribution in [0.25, 0.3) is 5.69 Å². The molecule has 0 atom stereocenters. The van der Waals surface area contributed by atoms with Crippen LogP contribution in [0.5, 0.6) is 0 Å². The molecule has 1 aromatic heterocycles. The van der Waals surface area contributed by atoms with E-state index in [1.165, 1.54) is 12.8 Å². The van der Waals surface area contributed by atoms with Crippen molar-refractivity contribution < 1.29 is 4.79 Å². The topological polar surface area (TPSA) is 51.0 Å². The minimum absolute atomic E-state index is 0.199. The average Bonchev–Trinajstić information content (AvgIpc) is 3.42. The van der Waals surface area contributed by atoms with Crippen LogP contribution in [0.1, 0.15) is 41.9 Å². The number of thioether (sulfide) groups is 1. The van der Waals surface area contributed by atoms with Gasteiger partial charge in [0.25, 0.3) is 0 Å². The molecule has 150 valence electrons. The first kappa shape index (κ1) is 19.9. The fraction of sp³-hybridized carbons (Fsp3) is 0.348. The molecule has 2 aromatic carbocycles. The molecule has 0 saturated carbocycles. The maximum absolute atomic E-state index is 12.3. The summed E-state index contributed by atoms with van der Waals surface area (Å²) in [6.07, 6.45) is 3.89. The molecule has 0 spiro atoms. The van der Waals surface area contributed by atoms with E-state index >= 15 is 0 Å². The molecule has 6 heteroatoms. The van der Waals surface area contributed by atoms with E-state index in [2.05, 4.69) is 31.8 Å². The largest absolute Gasteiger partial charge is 0.296 e. The number of rotatable bonds is 9. The lowest BCUT2D eigenvalue weighted by Crippen LogP contribution is -2.21. The van der Waals surface area contributed by atoms with Crippen LogP contribution in [0.15, 0.2) is 65.8 Å². The predicted molar refractivity (Wildman–Crippen MR) is 117 cm³/mol. The Morgan fingerprint density at radius 3 is 2.34 bits per heavy atom. The number of ketones is 1. The first-order valence-electron chi connectivity index (χ1n) is 10.2. The highest BCUT2D eigenvalue weighted by Gasteiger charge is 2.19. The molecule has 1 aliphatic heterocycles. The van der Waals surface area contributed by atoms with E-state index in [0.717, 1.165) is 54.0 Å². The van der Waals surface area contributed by atoms with Crippen LogP contribution in [-0.2, 0) is 6.54 Å². The molecule has 1 fully saturated rings. The number of Topliss-reactive ketones (excluding diaryl/α,β-unsaturated/α-hetero) is 1. The van der Waals surface area contributed by atoms with Crippen LogP contribution in [0.2, 0.25) is 0 Å². The number of nitrogens with zero attached hydrogens (tertiary/aromatic N) is 4. The summed E-state index contributed by atoms with van der Waals surface area (Å²) in [4.78, 5) is 14.7. The van der Waals surface area contributed by atoms with Crippen molar-refractivity contribution in [2.24, 2.45) is 0 Å². The third kappa shape index (κ3) is 5.14. The van der Waals surface area contributed by atoms with Crippen LogP contribution in [-0.4, -0.2) is 44.3 Å². The fourth-order valence-corrected chi connectivity index (χ4v) is 4.55. The first-order chi connectivity index (χ1) is 14.3. The monoisotopic (exact) mass is 406 g/mol. The predicted octanol–water partition coefficient (Wildman–Crippen LogP) is 4.62. The van der Waals surface area contributed by atoms with E-state index in [0.29, 0.717) is 6.42 Å². The van der Waals surface area contributed by atoms with Crippen molar-refractivity contribution in [1.29, 1.82) is 0 Å². The quantitative estimate of drug-likeness (QED) is 0.295. The summed E-state index contributed by atoms with van der Waals surface area (Å²) < 4.78 is 2.17. The smallest absolute Gasteiger partial charge is 0.195 e. The number of likely N-dealkylation sites (tertiary alicyclic amines) is 1. The lowest BCUT2D eigenvalue weighted by Gasteiger charge is -2.15. The Bertz CT molecular complexity index is 921. The van der Waals surface area contributed by atoms with Crippen molar-refractivity contribution in [3.63, 3.8) is 0 Å². The minimum atomic E-state index is 0.199. The number of benzene rings is 2. The number of carbonyl (C=O) groups excluding carboxylic acids is 1.